The van der Waals surface area contributed by atoms with Crippen LogP contribution >= 0.6 is 0 Å². The van der Waals surface area contributed by atoms with Crippen LogP contribution in [-0.2, 0) is 7.05 Å². The van der Waals surface area contributed by atoms with Gasteiger partial charge >= 0.3 is 160 Å². The first kappa shape index (κ1) is 17.3. The van der Waals surface area contributed by atoms with Crippen molar-refractivity contribution in [1.29, 1.82) is 0 Å². The van der Waals surface area contributed by atoms with Crippen LogP contribution in [0.4, 0.5) is 0 Å². The van der Waals surface area contributed by atoms with Crippen LogP contribution < -0.4 is 4.46 Å². The standard InChI is InChI=1S/C22H22N2OSe/c1-23-13-7-8-16(14-23)18-11-6-12-20-21(18)19(15-24(20)2)22(25)26-17-9-4-3-5-10-17/h3-6,8-12,15H,7,13-14H2,1-2H3. The monoisotopic (exact) mass is 410 g/mol. The van der Waals surface area contributed by atoms with Crippen LogP contribution in [0.3, 0.4) is 0 Å². The molecule has 2 heterocycles. The first-order chi connectivity index (χ1) is 12.6. The molecule has 0 aliphatic carbocycles. The van der Waals surface area contributed by atoms with Gasteiger partial charge < -0.3 is 0 Å². The van der Waals surface area contributed by atoms with Crippen molar-refractivity contribution >= 4 is 40.6 Å². The molecule has 26 heavy (non-hydrogen) atoms. The molecule has 3 aromatic rings. The summed E-state index contributed by atoms with van der Waals surface area (Å²) in [6, 6.07) is 16.5. The van der Waals surface area contributed by atoms with Crippen LogP contribution in [0.1, 0.15) is 22.3 Å². The van der Waals surface area contributed by atoms with Crippen molar-refractivity contribution in [2.45, 2.75) is 6.42 Å². The van der Waals surface area contributed by atoms with Gasteiger partial charge in [0.15, 0.2) is 0 Å². The minimum absolute atomic E-state index is 0.208. The van der Waals surface area contributed by atoms with Gasteiger partial charge in [-0.25, -0.2) is 0 Å². The van der Waals surface area contributed by atoms with E-state index in [-0.39, 0.29) is 19.6 Å². The van der Waals surface area contributed by atoms with E-state index in [0.29, 0.717) is 0 Å². The van der Waals surface area contributed by atoms with Gasteiger partial charge in [-0.3, -0.25) is 0 Å². The maximum atomic E-state index is 13.1. The summed E-state index contributed by atoms with van der Waals surface area (Å²) in [5.74, 6) is 0. The predicted molar refractivity (Wildman–Crippen MR) is 109 cm³/mol. The quantitative estimate of drug-likeness (QED) is 0.619. The number of aromatic nitrogens is 1. The summed E-state index contributed by atoms with van der Waals surface area (Å²) in [7, 11) is 4.18. The Bertz CT molecular complexity index is 988. The summed E-state index contributed by atoms with van der Waals surface area (Å²) in [4.78, 5) is 15.5. The van der Waals surface area contributed by atoms with E-state index in [1.54, 1.807) is 0 Å². The van der Waals surface area contributed by atoms with Gasteiger partial charge in [0.1, 0.15) is 0 Å². The molecule has 1 aromatic heterocycles. The Balaban J connectivity index is 1.80. The van der Waals surface area contributed by atoms with Crippen molar-refractivity contribution in [2.75, 3.05) is 20.1 Å². The summed E-state index contributed by atoms with van der Waals surface area (Å²) < 4.78 is 3.45. The molecule has 0 atom stereocenters. The number of likely N-dealkylation sites (N-methyl/N-ethyl adjacent to an activating group) is 1. The summed E-state index contributed by atoms with van der Waals surface area (Å²) in [6.45, 7) is 2.03. The zero-order valence-electron chi connectivity index (χ0n) is 15.1. The fourth-order valence-corrected chi connectivity index (χ4v) is 5.23. The van der Waals surface area contributed by atoms with E-state index in [1.165, 1.54) is 11.1 Å². The van der Waals surface area contributed by atoms with Gasteiger partial charge in [-0.1, -0.05) is 0 Å². The Hall–Kier alpha value is -2.13. The molecule has 1 aliphatic rings. The fraction of sp³-hybridized carbons (Fsp3) is 0.227. The van der Waals surface area contributed by atoms with Crippen molar-refractivity contribution in [3.8, 4) is 0 Å². The molecule has 1 aliphatic heterocycles. The van der Waals surface area contributed by atoms with Crippen LogP contribution in [0.5, 0.6) is 0 Å². The third-order valence-electron chi connectivity index (χ3n) is 4.88. The number of nitrogens with zero attached hydrogens (tertiary/aromatic N) is 2. The molecule has 2 aromatic carbocycles. The van der Waals surface area contributed by atoms with Gasteiger partial charge in [-0.15, -0.1) is 0 Å². The van der Waals surface area contributed by atoms with E-state index in [0.717, 1.165) is 40.4 Å². The second-order valence-corrected chi connectivity index (χ2v) is 9.01. The van der Waals surface area contributed by atoms with E-state index < -0.39 is 0 Å². The van der Waals surface area contributed by atoms with Gasteiger partial charge in [0.05, 0.1) is 0 Å². The van der Waals surface area contributed by atoms with E-state index in [9.17, 15) is 4.79 Å². The Labute approximate surface area is 160 Å². The van der Waals surface area contributed by atoms with Crippen LogP contribution in [0, 0.1) is 0 Å². The zero-order valence-corrected chi connectivity index (χ0v) is 16.8. The summed E-state index contributed by atoms with van der Waals surface area (Å²) in [6.07, 6.45) is 5.40. The predicted octanol–water partition coefficient (Wildman–Crippen LogP) is 3.07. The zero-order chi connectivity index (χ0) is 18.1. The number of benzene rings is 2. The van der Waals surface area contributed by atoms with Crippen molar-refractivity contribution < 1.29 is 4.79 Å². The Morgan fingerprint density at radius 3 is 2.62 bits per heavy atom. The molecule has 4 heteroatoms. The number of carbonyl (C=O) groups excluding carboxylic acids is 1. The summed E-state index contributed by atoms with van der Waals surface area (Å²) >= 11 is -0.208. The SMILES string of the molecule is CN1CCC=C(c2cccc3c2c(C(=O)[Se]c2ccccc2)cn3C)C1. The third-order valence-corrected chi connectivity index (χ3v) is 6.79. The Kier molecular flexibility index (Phi) is 4.81. The number of aryl methyl sites for hydroxylation is 1. The van der Waals surface area contributed by atoms with Crippen molar-refractivity contribution in [3.05, 3.63) is 71.9 Å². The molecule has 0 radical (unpaired) electrons. The topological polar surface area (TPSA) is 25.2 Å². The van der Waals surface area contributed by atoms with Crippen LogP contribution in [0.15, 0.2) is 60.8 Å². The minimum atomic E-state index is -0.208. The fourth-order valence-electron chi connectivity index (χ4n) is 3.61. The molecule has 0 saturated heterocycles. The molecule has 0 saturated carbocycles. The molecular weight excluding hydrogens is 387 g/mol. The summed E-state index contributed by atoms with van der Waals surface area (Å²) in [5, 5.41) is 1.11. The number of rotatable bonds is 4. The molecule has 3 nitrogen and oxygen atoms in total. The van der Waals surface area contributed by atoms with Crippen LogP contribution in [-0.4, -0.2) is 49.2 Å². The van der Waals surface area contributed by atoms with E-state index in [2.05, 4.69) is 40.8 Å². The third kappa shape index (κ3) is 3.28. The van der Waals surface area contributed by atoms with Crippen LogP contribution in [0.25, 0.3) is 16.5 Å². The van der Waals surface area contributed by atoms with Crippen molar-refractivity contribution in [2.24, 2.45) is 7.05 Å². The number of hydrogen-bond acceptors (Lipinski definition) is 2. The Morgan fingerprint density at radius 1 is 1.04 bits per heavy atom. The van der Waals surface area contributed by atoms with Gasteiger partial charge in [-0.2, -0.15) is 0 Å². The molecule has 0 unspecified atom stereocenters. The molecule has 0 amide bonds. The molecule has 0 N–H and O–H groups in total. The summed E-state index contributed by atoms with van der Waals surface area (Å²) in [5.41, 5.74) is 4.53. The van der Waals surface area contributed by atoms with Gasteiger partial charge in [0, 0.05) is 0 Å². The second kappa shape index (κ2) is 7.24. The molecule has 0 bridgehead atoms. The molecule has 0 fully saturated rings. The second-order valence-electron chi connectivity index (χ2n) is 6.81. The van der Waals surface area contributed by atoms with Gasteiger partial charge in [-0.05, 0) is 0 Å². The first-order valence-electron chi connectivity index (χ1n) is 8.86. The van der Waals surface area contributed by atoms with Crippen molar-refractivity contribution in [1.82, 2.24) is 9.47 Å². The van der Waals surface area contributed by atoms with E-state index in [4.69, 9.17) is 0 Å². The van der Waals surface area contributed by atoms with E-state index in [1.807, 2.05) is 43.6 Å². The normalized spacial score (nSPS) is 15.2. The molecular formula is C22H22N2OSe. The van der Waals surface area contributed by atoms with E-state index >= 15 is 0 Å². The van der Waals surface area contributed by atoms with Gasteiger partial charge in [0.25, 0.3) is 0 Å². The average Bonchev–Trinajstić information content (AvgIpc) is 3.00. The molecule has 0 spiro atoms. The first-order valence-corrected chi connectivity index (χ1v) is 10.6. The Morgan fingerprint density at radius 2 is 1.85 bits per heavy atom. The van der Waals surface area contributed by atoms with Crippen molar-refractivity contribution in [3.63, 3.8) is 0 Å². The number of fused-ring (bicyclic) bond motifs is 1. The number of hydrogen-bond donors (Lipinski definition) is 0. The van der Waals surface area contributed by atoms with Crippen LogP contribution in [0.2, 0.25) is 0 Å². The average molecular weight is 409 g/mol. The number of carbonyl (C=O) groups is 1. The molecule has 132 valence electrons. The van der Waals surface area contributed by atoms with Gasteiger partial charge in [0.2, 0.25) is 0 Å². The molecule has 4 rings (SSSR count). The maximum absolute atomic E-state index is 13.1.